The predicted octanol–water partition coefficient (Wildman–Crippen LogP) is 3.81. The van der Waals surface area contributed by atoms with Gasteiger partial charge in [-0.15, -0.1) is 0 Å². The molecule has 150 valence electrons. The third kappa shape index (κ3) is 2.94. The third-order valence-corrected chi connectivity index (χ3v) is 8.50. The van der Waals surface area contributed by atoms with Gasteiger partial charge in [0.15, 0.2) is 0 Å². The van der Waals surface area contributed by atoms with Gasteiger partial charge in [-0.05, 0) is 88.5 Å². The molecule has 4 nitrogen and oxygen atoms in total. The molecule has 0 radical (unpaired) electrons. The van der Waals surface area contributed by atoms with Crippen LogP contribution in [0.1, 0.15) is 73.1 Å². The van der Waals surface area contributed by atoms with Crippen LogP contribution in [0.25, 0.3) is 0 Å². The summed E-state index contributed by atoms with van der Waals surface area (Å²) in [5, 5.41) is 6.48. The second-order valence-corrected chi connectivity index (χ2v) is 11.1. The molecule has 3 aliphatic carbocycles. The standard InChI is InChI=1S/C23H36N2O2/c1-21(2,3)25-20(27)17-8-7-15-14-6-9-18-23(5,13-11-19(26)24-18)16(14)10-12-22(15,17)4/h11,13-18H,6-10,12H2,1-5H3,(H,24,26)(H,25,27)/t14-,15-,16-,17?,18+,22-,23+/m0/s1. The smallest absolute Gasteiger partial charge is 0.243 e. The van der Waals surface area contributed by atoms with Crippen LogP contribution < -0.4 is 10.6 Å². The minimum atomic E-state index is -0.167. The summed E-state index contributed by atoms with van der Waals surface area (Å²) in [5.41, 5.74) is 0.0323. The molecule has 0 spiro atoms. The van der Waals surface area contributed by atoms with Gasteiger partial charge in [0.2, 0.25) is 11.8 Å². The Morgan fingerprint density at radius 3 is 2.56 bits per heavy atom. The van der Waals surface area contributed by atoms with Crippen LogP contribution in [0.5, 0.6) is 0 Å². The van der Waals surface area contributed by atoms with Gasteiger partial charge in [0, 0.05) is 22.9 Å². The van der Waals surface area contributed by atoms with Crippen molar-refractivity contribution in [3.63, 3.8) is 0 Å². The number of carbonyl (C=O) groups is 2. The van der Waals surface area contributed by atoms with Gasteiger partial charge in [-0.3, -0.25) is 9.59 Å². The van der Waals surface area contributed by atoms with E-state index in [2.05, 4.69) is 51.3 Å². The zero-order valence-electron chi connectivity index (χ0n) is 17.6. The van der Waals surface area contributed by atoms with E-state index in [1.165, 1.54) is 19.3 Å². The Kier molecular flexibility index (Phi) is 4.29. The van der Waals surface area contributed by atoms with Crippen LogP contribution in [0.15, 0.2) is 12.2 Å². The van der Waals surface area contributed by atoms with E-state index in [0.29, 0.717) is 17.8 Å². The molecule has 3 fully saturated rings. The average molecular weight is 373 g/mol. The molecule has 0 aromatic rings. The molecular formula is C23H36N2O2. The molecule has 0 saturated heterocycles. The number of hydrogen-bond acceptors (Lipinski definition) is 2. The summed E-state index contributed by atoms with van der Waals surface area (Å²) in [6.07, 6.45) is 10.7. The van der Waals surface area contributed by atoms with E-state index in [1.807, 2.05) is 0 Å². The summed E-state index contributed by atoms with van der Waals surface area (Å²) in [4.78, 5) is 24.9. The molecule has 4 aliphatic rings. The number of hydrogen-bond donors (Lipinski definition) is 2. The van der Waals surface area contributed by atoms with Crippen LogP contribution >= 0.6 is 0 Å². The number of nitrogens with one attached hydrogen (secondary N) is 2. The molecular weight excluding hydrogens is 336 g/mol. The maximum absolute atomic E-state index is 13.0. The van der Waals surface area contributed by atoms with Gasteiger partial charge < -0.3 is 10.6 Å². The van der Waals surface area contributed by atoms with Crippen LogP contribution in [-0.2, 0) is 9.59 Å². The molecule has 4 rings (SSSR count). The van der Waals surface area contributed by atoms with Crippen molar-refractivity contribution in [1.29, 1.82) is 0 Å². The Hall–Kier alpha value is -1.32. The minimum Gasteiger partial charge on any atom is -0.351 e. The van der Waals surface area contributed by atoms with Crippen molar-refractivity contribution >= 4 is 11.8 Å². The zero-order chi connectivity index (χ0) is 19.6. The summed E-state index contributed by atoms with van der Waals surface area (Å²) in [6, 6.07) is 0.280. The van der Waals surface area contributed by atoms with E-state index < -0.39 is 0 Å². The Morgan fingerprint density at radius 2 is 1.85 bits per heavy atom. The highest BCUT2D eigenvalue weighted by atomic mass is 16.2. The van der Waals surface area contributed by atoms with Crippen molar-refractivity contribution in [3.8, 4) is 0 Å². The molecule has 3 saturated carbocycles. The Morgan fingerprint density at radius 1 is 1.11 bits per heavy atom. The lowest BCUT2D eigenvalue weighted by atomic mass is 9.48. The second kappa shape index (κ2) is 6.09. The monoisotopic (exact) mass is 372 g/mol. The highest BCUT2D eigenvalue weighted by Gasteiger charge is 2.60. The maximum Gasteiger partial charge on any atom is 0.243 e. The van der Waals surface area contributed by atoms with Crippen LogP contribution in [0, 0.1) is 34.5 Å². The summed E-state index contributed by atoms with van der Waals surface area (Å²) >= 11 is 0. The molecule has 27 heavy (non-hydrogen) atoms. The van der Waals surface area contributed by atoms with Crippen LogP contribution in [0.4, 0.5) is 0 Å². The Balaban J connectivity index is 1.58. The number of carbonyl (C=O) groups excluding carboxylic acids is 2. The van der Waals surface area contributed by atoms with E-state index in [1.54, 1.807) is 6.08 Å². The van der Waals surface area contributed by atoms with Crippen molar-refractivity contribution in [2.45, 2.75) is 84.7 Å². The zero-order valence-corrected chi connectivity index (χ0v) is 17.6. The topological polar surface area (TPSA) is 58.2 Å². The average Bonchev–Trinajstić information content (AvgIpc) is 2.91. The number of rotatable bonds is 1. The predicted molar refractivity (Wildman–Crippen MR) is 107 cm³/mol. The molecule has 2 N–H and O–H groups in total. The summed E-state index contributed by atoms with van der Waals surface area (Å²) in [5.74, 6) is 2.41. The van der Waals surface area contributed by atoms with Crippen LogP contribution in [-0.4, -0.2) is 23.4 Å². The molecule has 4 heteroatoms. The maximum atomic E-state index is 13.0. The second-order valence-electron chi connectivity index (χ2n) is 11.1. The van der Waals surface area contributed by atoms with Crippen molar-refractivity contribution in [3.05, 3.63) is 12.2 Å². The first-order valence-corrected chi connectivity index (χ1v) is 10.9. The van der Waals surface area contributed by atoms with Crippen LogP contribution in [0.2, 0.25) is 0 Å². The highest BCUT2D eigenvalue weighted by Crippen LogP contribution is 2.65. The highest BCUT2D eigenvalue weighted by molar-refractivity contribution is 5.89. The van der Waals surface area contributed by atoms with Crippen molar-refractivity contribution < 1.29 is 9.59 Å². The summed E-state index contributed by atoms with van der Waals surface area (Å²) < 4.78 is 0. The van der Waals surface area contributed by atoms with Gasteiger partial charge in [-0.2, -0.15) is 0 Å². The van der Waals surface area contributed by atoms with Crippen molar-refractivity contribution in [2.75, 3.05) is 0 Å². The number of fused-ring (bicyclic) bond motifs is 5. The Bertz CT molecular complexity index is 678. The molecule has 0 bridgehead atoms. The van der Waals surface area contributed by atoms with Gasteiger partial charge in [0.25, 0.3) is 0 Å². The first-order valence-electron chi connectivity index (χ1n) is 10.9. The van der Waals surface area contributed by atoms with Crippen molar-refractivity contribution in [1.82, 2.24) is 10.6 Å². The summed E-state index contributed by atoms with van der Waals surface area (Å²) in [7, 11) is 0. The normalized spacial score (nSPS) is 46.1. The largest absolute Gasteiger partial charge is 0.351 e. The fourth-order valence-corrected chi connectivity index (χ4v) is 7.22. The molecule has 7 atom stereocenters. The lowest BCUT2D eigenvalue weighted by molar-refractivity contribution is -0.135. The quantitative estimate of drug-likeness (QED) is 0.735. The van der Waals surface area contributed by atoms with Gasteiger partial charge in [0.05, 0.1) is 0 Å². The fraction of sp³-hybridized carbons (Fsp3) is 0.826. The summed E-state index contributed by atoms with van der Waals surface area (Å²) in [6.45, 7) is 11.0. The molecule has 1 unspecified atom stereocenters. The van der Waals surface area contributed by atoms with E-state index in [9.17, 15) is 9.59 Å². The van der Waals surface area contributed by atoms with E-state index >= 15 is 0 Å². The van der Waals surface area contributed by atoms with Gasteiger partial charge >= 0.3 is 0 Å². The van der Waals surface area contributed by atoms with Gasteiger partial charge in [0.1, 0.15) is 0 Å². The Labute approximate surface area is 163 Å². The fourth-order valence-electron chi connectivity index (χ4n) is 7.22. The van der Waals surface area contributed by atoms with Crippen molar-refractivity contribution in [2.24, 2.45) is 34.5 Å². The lowest BCUT2D eigenvalue weighted by Crippen LogP contribution is -2.59. The number of amides is 2. The SMILES string of the molecule is CC(C)(C)NC(=O)C1CC[C@H]2[C@@H]3CC[C@H]4NC(=O)C=C[C@]4(C)[C@H]3CC[C@]12C. The minimum absolute atomic E-state index is 0.0661. The lowest BCUT2D eigenvalue weighted by Gasteiger charge is -2.58. The molecule has 0 aromatic heterocycles. The molecule has 2 amide bonds. The van der Waals surface area contributed by atoms with E-state index in [4.69, 9.17) is 0 Å². The van der Waals surface area contributed by atoms with E-state index in [0.717, 1.165) is 19.3 Å². The molecule has 1 aliphatic heterocycles. The third-order valence-electron chi connectivity index (χ3n) is 8.50. The first kappa shape index (κ1) is 19.0. The van der Waals surface area contributed by atoms with E-state index in [-0.39, 0.29) is 40.1 Å². The first-order chi connectivity index (χ1) is 12.5. The van der Waals surface area contributed by atoms with Gasteiger partial charge in [-0.1, -0.05) is 19.9 Å². The molecule has 0 aromatic carbocycles. The molecule has 1 heterocycles. The van der Waals surface area contributed by atoms with Crippen LogP contribution in [0.3, 0.4) is 0 Å². The van der Waals surface area contributed by atoms with Gasteiger partial charge in [-0.25, -0.2) is 0 Å².